The molecule has 1 aromatic heterocycles. The first-order chi connectivity index (χ1) is 5.63. The Kier molecular flexibility index (Phi) is 2.54. The molecule has 0 saturated carbocycles. The van der Waals surface area contributed by atoms with Crippen LogP contribution in [0.1, 0.15) is 11.7 Å². The maximum atomic E-state index is 11.9. The van der Waals surface area contributed by atoms with Gasteiger partial charge in [-0.25, -0.2) is 8.78 Å². The van der Waals surface area contributed by atoms with E-state index in [1.165, 1.54) is 6.20 Å². The Morgan fingerprint density at radius 2 is 2.08 bits per heavy atom. The number of aliphatic hydroxyl groups excluding tert-OH is 1. The van der Waals surface area contributed by atoms with Crippen LogP contribution >= 0.6 is 0 Å². The zero-order valence-corrected chi connectivity index (χ0v) is 5.98. The van der Waals surface area contributed by atoms with Crippen LogP contribution in [0.3, 0.4) is 0 Å². The van der Waals surface area contributed by atoms with Crippen molar-refractivity contribution >= 4 is 0 Å². The van der Waals surface area contributed by atoms with Crippen molar-refractivity contribution in [2.24, 2.45) is 0 Å². The van der Waals surface area contributed by atoms with Gasteiger partial charge in [-0.2, -0.15) is 0 Å². The van der Waals surface area contributed by atoms with Crippen molar-refractivity contribution in [2.75, 3.05) is 0 Å². The van der Waals surface area contributed by atoms with Gasteiger partial charge in [0, 0.05) is 11.8 Å². The Morgan fingerprint density at radius 3 is 2.58 bits per heavy atom. The highest BCUT2D eigenvalue weighted by Gasteiger charge is 2.21. The number of halogens is 2. The zero-order chi connectivity index (χ0) is 9.14. The molecule has 12 heavy (non-hydrogen) atoms. The molecule has 66 valence electrons. The smallest absolute Gasteiger partial charge is 0.268 e. The molecule has 0 spiro atoms. The van der Waals surface area contributed by atoms with Crippen LogP contribution < -0.4 is 0 Å². The fraction of sp³-hybridized carbons (Fsp3) is 0.286. The molecule has 0 aliphatic rings. The quantitative estimate of drug-likeness (QED) is 0.707. The molecule has 0 saturated heterocycles. The molecule has 1 aromatic rings. The standard InChI is InChI=1S/C7H7F2NO2/c8-7(9)6(12)4-1-2-10-3-5(4)11/h1-3,6-7,11-12H. The zero-order valence-electron chi connectivity index (χ0n) is 5.98. The second-order valence-electron chi connectivity index (χ2n) is 2.21. The monoisotopic (exact) mass is 175 g/mol. The van der Waals surface area contributed by atoms with Gasteiger partial charge in [0.15, 0.2) is 0 Å². The van der Waals surface area contributed by atoms with Crippen molar-refractivity contribution in [3.05, 3.63) is 24.0 Å². The molecule has 0 bridgehead atoms. The largest absolute Gasteiger partial charge is 0.506 e. The lowest BCUT2D eigenvalue weighted by molar-refractivity contribution is -0.00703. The molecule has 1 heterocycles. The predicted molar refractivity (Wildman–Crippen MR) is 36.9 cm³/mol. The molecule has 5 heteroatoms. The third-order valence-electron chi connectivity index (χ3n) is 1.39. The van der Waals surface area contributed by atoms with Gasteiger partial charge in [-0.05, 0) is 6.07 Å². The Labute approximate surface area is 67.3 Å². The molecule has 2 N–H and O–H groups in total. The van der Waals surface area contributed by atoms with Crippen molar-refractivity contribution in [3.8, 4) is 5.75 Å². The lowest BCUT2D eigenvalue weighted by atomic mass is 10.1. The lowest BCUT2D eigenvalue weighted by Gasteiger charge is -2.09. The van der Waals surface area contributed by atoms with Crippen molar-refractivity contribution in [1.82, 2.24) is 4.98 Å². The average Bonchev–Trinajstić information content (AvgIpc) is 2.04. The van der Waals surface area contributed by atoms with E-state index in [9.17, 15) is 8.78 Å². The topological polar surface area (TPSA) is 53.4 Å². The van der Waals surface area contributed by atoms with E-state index in [0.29, 0.717) is 0 Å². The van der Waals surface area contributed by atoms with E-state index in [1.54, 1.807) is 0 Å². The molecule has 0 fully saturated rings. The van der Waals surface area contributed by atoms with E-state index in [2.05, 4.69) is 4.98 Å². The minimum atomic E-state index is -2.90. The van der Waals surface area contributed by atoms with Gasteiger partial charge in [-0.1, -0.05) is 0 Å². The molecule has 1 unspecified atom stereocenters. The van der Waals surface area contributed by atoms with Crippen LogP contribution in [-0.4, -0.2) is 21.6 Å². The number of aliphatic hydroxyl groups is 1. The van der Waals surface area contributed by atoms with Crippen molar-refractivity contribution in [3.63, 3.8) is 0 Å². The number of alkyl halides is 2. The van der Waals surface area contributed by atoms with Gasteiger partial charge in [0.05, 0.1) is 6.20 Å². The fourth-order valence-corrected chi connectivity index (χ4v) is 0.783. The third kappa shape index (κ3) is 1.68. The maximum Gasteiger partial charge on any atom is 0.268 e. The summed E-state index contributed by atoms with van der Waals surface area (Å²) in [5, 5.41) is 17.8. The summed E-state index contributed by atoms with van der Waals surface area (Å²) in [6.45, 7) is 0. The summed E-state index contributed by atoms with van der Waals surface area (Å²) >= 11 is 0. The number of aromatic hydroxyl groups is 1. The van der Waals surface area contributed by atoms with E-state index >= 15 is 0 Å². The molecule has 0 aliphatic heterocycles. The van der Waals surface area contributed by atoms with Crippen LogP contribution in [0.25, 0.3) is 0 Å². The minimum absolute atomic E-state index is 0.208. The number of aromatic nitrogens is 1. The lowest BCUT2D eigenvalue weighted by Crippen LogP contribution is -2.08. The van der Waals surface area contributed by atoms with E-state index in [0.717, 1.165) is 12.3 Å². The van der Waals surface area contributed by atoms with E-state index in [4.69, 9.17) is 10.2 Å². The number of pyridine rings is 1. The van der Waals surface area contributed by atoms with Gasteiger partial charge >= 0.3 is 0 Å². The number of hydrogen-bond donors (Lipinski definition) is 2. The third-order valence-corrected chi connectivity index (χ3v) is 1.39. The van der Waals surface area contributed by atoms with Gasteiger partial charge in [0.1, 0.15) is 11.9 Å². The first-order valence-electron chi connectivity index (χ1n) is 3.22. The second-order valence-corrected chi connectivity index (χ2v) is 2.21. The molecular formula is C7H7F2NO2. The SMILES string of the molecule is Oc1cnccc1C(O)C(F)F. The van der Waals surface area contributed by atoms with Crippen molar-refractivity contribution < 1.29 is 19.0 Å². The van der Waals surface area contributed by atoms with Crippen LogP contribution in [0, 0.1) is 0 Å². The van der Waals surface area contributed by atoms with Gasteiger partial charge in [-0.3, -0.25) is 4.98 Å². The number of nitrogens with zero attached hydrogens (tertiary/aromatic N) is 1. The fourth-order valence-electron chi connectivity index (χ4n) is 0.783. The Morgan fingerprint density at radius 1 is 1.42 bits per heavy atom. The summed E-state index contributed by atoms with van der Waals surface area (Å²) < 4.78 is 23.8. The van der Waals surface area contributed by atoms with Crippen molar-refractivity contribution in [2.45, 2.75) is 12.5 Å². The van der Waals surface area contributed by atoms with Crippen LogP contribution in [0.15, 0.2) is 18.5 Å². The van der Waals surface area contributed by atoms with Crippen molar-refractivity contribution in [1.29, 1.82) is 0 Å². The van der Waals surface area contributed by atoms with E-state index in [1.807, 2.05) is 0 Å². The highest BCUT2D eigenvalue weighted by molar-refractivity contribution is 5.30. The molecule has 0 aliphatic carbocycles. The van der Waals surface area contributed by atoms with Crippen LogP contribution in [0.5, 0.6) is 5.75 Å². The van der Waals surface area contributed by atoms with Gasteiger partial charge in [-0.15, -0.1) is 0 Å². The highest BCUT2D eigenvalue weighted by atomic mass is 19.3. The summed E-state index contributed by atoms with van der Waals surface area (Å²) in [7, 11) is 0. The maximum absolute atomic E-state index is 11.9. The van der Waals surface area contributed by atoms with E-state index < -0.39 is 18.3 Å². The molecule has 0 radical (unpaired) electrons. The first-order valence-corrected chi connectivity index (χ1v) is 3.22. The average molecular weight is 175 g/mol. The van der Waals surface area contributed by atoms with Gasteiger partial charge in [0.2, 0.25) is 0 Å². The first kappa shape index (κ1) is 8.86. The van der Waals surface area contributed by atoms with Crippen LogP contribution in [0.4, 0.5) is 8.78 Å². The van der Waals surface area contributed by atoms with Gasteiger partial charge < -0.3 is 10.2 Å². The van der Waals surface area contributed by atoms with E-state index in [-0.39, 0.29) is 5.56 Å². The summed E-state index contributed by atoms with van der Waals surface area (Å²) in [6, 6.07) is 1.14. The normalized spacial score (nSPS) is 13.3. The summed E-state index contributed by atoms with van der Waals surface area (Å²) in [5.74, 6) is -0.426. The predicted octanol–water partition coefficient (Wildman–Crippen LogP) is 1.09. The summed E-state index contributed by atoms with van der Waals surface area (Å²) in [5.41, 5.74) is -0.208. The summed E-state index contributed by atoms with van der Waals surface area (Å²) in [6.07, 6.45) is -2.63. The Bertz CT molecular complexity index is 267. The van der Waals surface area contributed by atoms with Gasteiger partial charge in [0.25, 0.3) is 6.43 Å². The number of hydrogen-bond acceptors (Lipinski definition) is 3. The van der Waals surface area contributed by atoms with Crippen LogP contribution in [-0.2, 0) is 0 Å². The molecular weight excluding hydrogens is 168 g/mol. The molecule has 3 nitrogen and oxygen atoms in total. The summed E-state index contributed by atoms with van der Waals surface area (Å²) in [4.78, 5) is 3.48. The minimum Gasteiger partial charge on any atom is -0.506 e. The second kappa shape index (κ2) is 3.44. The Balaban J connectivity index is 2.94. The number of rotatable bonds is 2. The molecule has 1 rings (SSSR count). The molecule has 0 amide bonds. The molecule has 1 atom stereocenters. The molecule has 0 aromatic carbocycles. The highest BCUT2D eigenvalue weighted by Crippen LogP contribution is 2.26. The van der Waals surface area contributed by atoms with Crippen LogP contribution in [0.2, 0.25) is 0 Å². The Hall–Kier alpha value is -1.23.